The lowest BCUT2D eigenvalue weighted by Gasteiger charge is -2.29. The Balaban J connectivity index is 1.89. The van der Waals surface area contributed by atoms with Crippen LogP contribution >= 0.6 is 11.6 Å². The van der Waals surface area contributed by atoms with Crippen LogP contribution in [-0.4, -0.2) is 17.9 Å². The van der Waals surface area contributed by atoms with E-state index in [4.69, 9.17) is 16.3 Å². The van der Waals surface area contributed by atoms with Crippen LogP contribution in [0.1, 0.15) is 24.4 Å². The molecule has 0 saturated heterocycles. The average molecular weight is 316 g/mol. The van der Waals surface area contributed by atoms with E-state index < -0.39 is 6.04 Å². The van der Waals surface area contributed by atoms with Gasteiger partial charge in [0.2, 0.25) is 0 Å². The van der Waals surface area contributed by atoms with Gasteiger partial charge in [-0.1, -0.05) is 23.7 Å². The Morgan fingerprint density at radius 3 is 3.14 bits per heavy atom. The Labute approximate surface area is 133 Å². The van der Waals surface area contributed by atoms with Crippen molar-refractivity contribution < 1.29 is 9.50 Å². The molecule has 3 aliphatic heterocycles. The van der Waals surface area contributed by atoms with Crippen LogP contribution in [0, 0.1) is 4.91 Å². The van der Waals surface area contributed by atoms with Crippen LogP contribution in [0.2, 0.25) is 5.02 Å². The SMILES string of the molecule is O=[N+]1C2=C(NCCC2)C2=C(C=CCO2)C1c1cccc(Cl)c1. The lowest BCUT2D eigenvalue weighted by atomic mass is 9.90. The van der Waals surface area contributed by atoms with Gasteiger partial charge in [0.05, 0.1) is 5.57 Å². The fraction of sp³-hybridized carbons (Fsp3) is 0.294. The molecule has 3 heterocycles. The third-order valence-electron chi connectivity index (χ3n) is 4.25. The molecule has 0 saturated carbocycles. The molecule has 5 heteroatoms. The van der Waals surface area contributed by atoms with Gasteiger partial charge in [0.1, 0.15) is 12.3 Å². The quantitative estimate of drug-likeness (QED) is 0.805. The van der Waals surface area contributed by atoms with Crippen molar-refractivity contribution in [3.05, 3.63) is 74.6 Å². The molecule has 3 aliphatic rings. The van der Waals surface area contributed by atoms with Gasteiger partial charge in [0.25, 0.3) is 11.7 Å². The number of nitrogens with one attached hydrogen (secondary N) is 1. The monoisotopic (exact) mass is 315 g/mol. The third kappa shape index (κ3) is 2.06. The lowest BCUT2D eigenvalue weighted by Crippen LogP contribution is -2.35. The van der Waals surface area contributed by atoms with Gasteiger partial charge in [-0.05, 0) is 30.7 Å². The van der Waals surface area contributed by atoms with Crippen LogP contribution in [-0.2, 0) is 4.74 Å². The summed E-state index contributed by atoms with van der Waals surface area (Å²) in [6, 6.07) is 7.09. The summed E-state index contributed by atoms with van der Waals surface area (Å²) in [6.07, 6.45) is 5.67. The number of halogens is 1. The first-order chi connectivity index (χ1) is 10.8. The molecule has 1 N–H and O–H groups in total. The van der Waals surface area contributed by atoms with E-state index in [2.05, 4.69) is 5.32 Å². The highest BCUT2D eigenvalue weighted by atomic mass is 35.5. The number of fused-ring (bicyclic) bond motifs is 1. The van der Waals surface area contributed by atoms with E-state index >= 15 is 0 Å². The summed E-state index contributed by atoms with van der Waals surface area (Å²) in [5.41, 5.74) is 3.43. The van der Waals surface area contributed by atoms with Crippen molar-refractivity contribution in [3.8, 4) is 0 Å². The predicted molar refractivity (Wildman–Crippen MR) is 84.2 cm³/mol. The number of hydrogen-bond donors (Lipinski definition) is 1. The van der Waals surface area contributed by atoms with Crippen LogP contribution in [0.3, 0.4) is 0 Å². The minimum absolute atomic E-state index is 0.399. The van der Waals surface area contributed by atoms with Crippen molar-refractivity contribution in [1.29, 1.82) is 0 Å². The van der Waals surface area contributed by atoms with E-state index in [1.165, 1.54) is 0 Å². The van der Waals surface area contributed by atoms with Crippen molar-refractivity contribution in [2.45, 2.75) is 18.9 Å². The highest BCUT2D eigenvalue weighted by Gasteiger charge is 2.45. The molecule has 4 rings (SSSR count). The molecule has 112 valence electrons. The highest BCUT2D eigenvalue weighted by Crippen LogP contribution is 2.42. The van der Waals surface area contributed by atoms with Crippen LogP contribution in [0.4, 0.5) is 0 Å². The van der Waals surface area contributed by atoms with E-state index in [1.54, 1.807) is 0 Å². The highest BCUT2D eigenvalue weighted by molar-refractivity contribution is 6.30. The maximum absolute atomic E-state index is 13.0. The molecule has 0 fully saturated rings. The molecule has 0 amide bonds. The van der Waals surface area contributed by atoms with Crippen molar-refractivity contribution in [1.82, 2.24) is 5.32 Å². The summed E-state index contributed by atoms with van der Waals surface area (Å²) >= 11 is 6.11. The van der Waals surface area contributed by atoms with Gasteiger partial charge in [0, 0.05) is 33.2 Å². The summed E-state index contributed by atoms with van der Waals surface area (Å²) in [7, 11) is 0. The standard InChI is InChI=1S/C17H16ClN2O2/c18-12-5-1-4-11(10-12)16-13-6-3-9-22-17(13)15-14(20(16)21)7-2-8-19-15/h1,3-6,10,16,19H,2,7-9H2/q+1. The average Bonchev–Trinajstić information content (AvgIpc) is 2.55. The fourth-order valence-corrected chi connectivity index (χ4v) is 3.50. The molecule has 1 unspecified atom stereocenters. The van der Waals surface area contributed by atoms with Crippen LogP contribution in [0.25, 0.3) is 0 Å². The first-order valence-electron chi connectivity index (χ1n) is 7.48. The normalized spacial score (nSPS) is 23.7. The summed E-state index contributed by atoms with van der Waals surface area (Å²) < 4.78 is 6.97. The van der Waals surface area contributed by atoms with E-state index in [1.807, 2.05) is 36.4 Å². The molecule has 1 aromatic rings. The Hall–Kier alpha value is -2.07. The molecule has 0 aliphatic carbocycles. The zero-order chi connectivity index (χ0) is 15.1. The van der Waals surface area contributed by atoms with E-state index in [-0.39, 0.29) is 0 Å². The minimum atomic E-state index is -0.399. The number of allylic oxidation sites excluding steroid dienone is 1. The molecular formula is C17H16ClN2O2+. The molecule has 1 aromatic carbocycles. The number of benzene rings is 1. The van der Waals surface area contributed by atoms with Crippen molar-refractivity contribution in [2.75, 3.05) is 13.2 Å². The topological polar surface area (TPSA) is 41.3 Å². The molecular weight excluding hydrogens is 300 g/mol. The maximum Gasteiger partial charge on any atom is 0.261 e. The second-order valence-corrected chi connectivity index (χ2v) is 6.07. The van der Waals surface area contributed by atoms with E-state index in [9.17, 15) is 4.91 Å². The van der Waals surface area contributed by atoms with Crippen molar-refractivity contribution >= 4 is 11.6 Å². The van der Waals surface area contributed by atoms with Gasteiger partial charge in [-0.2, -0.15) is 0 Å². The number of rotatable bonds is 1. The zero-order valence-electron chi connectivity index (χ0n) is 12.0. The van der Waals surface area contributed by atoms with Crippen molar-refractivity contribution in [2.24, 2.45) is 0 Å². The van der Waals surface area contributed by atoms with E-state index in [0.29, 0.717) is 11.6 Å². The minimum Gasteiger partial charge on any atom is -0.487 e. The first-order valence-corrected chi connectivity index (χ1v) is 7.86. The fourth-order valence-electron chi connectivity index (χ4n) is 3.30. The lowest BCUT2D eigenvalue weighted by molar-refractivity contribution is -0.542. The summed E-state index contributed by atoms with van der Waals surface area (Å²) in [5.74, 6) is 0.814. The molecule has 0 aromatic heterocycles. The molecule has 22 heavy (non-hydrogen) atoms. The number of nitrogens with zero attached hydrogens (tertiary/aromatic N) is 1. The van der Waals surface area contributed by atoms with Gasteiger partial charge in [-0.15, -0.1) is 0 Å². The number of ether oxygens (including phenoxy) is 1. The Morgan fingerprint density at radius 2 is 2.27 bits per heavy atom. The number of nitroso groups, excluding NO2 is 1. The first kappa shape index (κ1) is 13.6. The second kappa shape index (κ2) is 5.29. The zero-order valence-corrected chi connectivity index (χ0v) is 12.8. The summed E-state index contributed by atoms with van der Waals surface area (Å²) in [6.45, 7) is 1.41. The predicted octanol–water partition coefficient (Wildman–Crippen LogP) is 3.61. The smallest absolute Gasteiger partial charge is 0.261 e. The van der Waals surface area contributed by atoms with Gasteiger partial charge < -0.3 is 10.1 Å². The number of hydrogen-bond acceptors (Lipinski definition) is 3. The summed E-state index contributed by atoms with van der Waals surface area (Å²) in [5, 5.41) is 3.96. The third-order valence-corrected chi connectivity index (χ3v) is 4.49. The van der Waals surface area contributed by atoms with Gasteiger partial charge in [-0.25, -0.2) is 0 Å². The van der Waals surface area contributed by atoms with Crippen LogP contribution < -0.4 is 5.32 Å². The molecule has 1 atom stereocenters. The van der Waals surface area contributed by atoms with Crippen molar-refractivity contribution in [3.63, 3.8) is 0 Å². The Bertz CT molecular complexity index is 749. The van der Waals surface area contributed by atoms with Crippen LogP contribution in [0.5, 0.6) is 0 Å². The van der Waals surface area contributed by atoms with Gasteiger partial charge in [-0.3, -0.25) is 0 Å². The molecule has 4 nitrogen and oxygen atoms in total. The summed E-state index contributed by atoms with van der Waals surface area (Å²) in [4.78, 5) is 13.0. The molecule has 0 bridgehead atoms. The van der Waals surface area contributed by atoms with Crippen LogP contribution in [0.15, 0.2) is 59.1 Å². The Morgan fingerprint density at radius 1 is 1.36 bits per heavy atom. The maximum atomic E-state index is 13.0. The van der Waals surface area contributed by atoms with Gasteiger partial charge in [0.15, 0.2) is 5.76 Å². The van der Waals surface area contributed by atoms with Gasteiger partial charge >= 0.3 is 0 Å². The second-order valence-electron chi connectivity index (χ2n) is 5.63. The Kier molecular flexibility index (Phi) is 3.26. The largest absolute Gasteiger partial charge is 0.487 e. The molecule has 0 spiro atoms. The van der Waals surface area contributed by atoms with E-state index in [0.717, 1.165) is 52.4 Å². The molecule has 0 radical (unpaired) electrons.